The number of amides is 2. The topological polar surface area (TPSA) is 106 Å². The molecule has 0 saturated carbocycles. The highest BCUT2D eigenvalue weighted by Crippen LogP contribution is 2.23. The number of para-hydroxylation sites is 1. The number of aryl methyl sites for hydroxylation is 1. The molecule has 3 aromatic rings. The fourth-order valence-electron chi connectivity index (χ4n) is 2.88. The summed E-state index contributed by atoms with van der Waals surface area (Å²) in [7, 11) is 0. The molecule has 0 aliphatic heterocycles. The Morgan fingerprint density at radius 3 is 2.46 bits per heavy atom. The van der Waals surface area contributed by atoms with Gasteiger partial charge in [0.2, 0.25) is 0 Å². The van der Waals surface area contributed by atoms with Crippen LogP contribution in [0.3, 0.4) is 0 Å². The number of carbonyl (C=O) groups excluding carboxylic acids is 3. The van der Waals surface area contributed by atoms with Gasteiger partial charge in [-0.2, -0.15) is 5.10 Å². The fraction of sp³-hybridized carbons (Fsp3) is 0.154. The number of nitrogens with one attached hydrogen (secondary N) is 2. The minimum absolute atomic E-state index is 0.229. The van der Waals surface area contributed by atoms with Gasteiger partial charge in [0.1, 0.15) is 11.5 Å². The Kier molecular flexibility index (Phi) is 9.14. The highest BCUT2D eigenvalue weighted by molar-refractivity contribution is 9.10. The lowest BCUT2D eigenvalue weighted by atomic mass is 10.2. The number of rotatable bonds is 8. The maximum Gasteiger partial charge on any atom is 0.343 e. The van der Waals surface area contributed by atoms with E-state index in [0.717, 1.165) is 12.0 Å². The molecule has 2 N–H and O–H groups in total. The Balaban J connectivity index is 1.64. The molecule has 3 aromatic carbocycles. The number of anilines is 1. The van der Waals surface area contributed by atoms with Crippen molar-refractivity contribution >= 4 is 45.6 Å². The van der Waals surface area contributed by atoms with Crippen LogP contribution in [-0.2, 0) is 9.59 Å². The molecule has 8 nitrogen and oxygen atoms in total. The monoisotopic (exact) mass is 537 g/mol. The number of ether oxygens (including phenoxy) is 2. The minimum Gasteiger partial charge on any atom is -0.494 e. The van der Waals surface area contributed by atoms with Gasteiger partial charge < -0.3 is 14.8 Å². The lowest BCUT2D eigenvalue weighted by Crippen LogP contribution is -2.32. The van der Waals surface area contributed by atoms with E-state index in [1.165, 1.54) is 6.21 Å². The van der Waals surface area contributed by atoms with Crippen molar-refractivity contribution in [2.75, 3.05) is 11.9 Å². The number of hydrogen-bond donors (Lipinski definition) is 2. The normalized spacial score (nSPS) is 10.6. The van der Waals surface area contributed by atoms with Crippen LogP contribution in [0.2, 0.25) is 0 Å². The molecule has 3 rings (SSSR count). The number of benzene rings is 3. The van der Waals surface area contributed by atoms with E-state index in [-0.39, 0.29) is 5.75 Å². The summed E-state index contributed by atoms with van der Waals surface area (Å²) in [6.45, 7) is 4.42. The second kappa shape index (κ2) is 12.5. The van der Waals surface area contributed by atoms with Crippen LogP contribution in [0.1, 0.15) is 34.8 Å². The second-order valence-electron chi connectivity index (χ2n) is 7.41. The fourth-order valence-corrected chi connectivity index (χ4v) is 3.26. The number of carbonyl (C=O) groups is 3. The molecule has 9 heteroatoms. The van der Waals surface area contributed by atoms with E-state index in [1.807, 2.05) is 26.0 Å². The first-order chi connectivity index (χ1) is 16.9. The van der Waals surface area contributed by atoms with Crippen molar-refractivity contribution in [1.82, 2.24) is 5.43 Å². The van der Waals surface area contributed by atoms with Crippen molar-refractivity contribution in [3.8, 4) is 11.5 Å². The molecule has 0 unspecified atom stereocenters. The van der Waals surface area contributed by atoms with E-state index in [4.69, 9.17) is 9.47 Å². The third-order valence-corrected chi connectivity index (χ3v) is 5.20. The van der Waals surface area contributed by atoms with Crippen LogP contribution >= 0.6 is 15.9 Å². The highest BCUT2D eigenvalue weighted by Gasteiger charge is 2.15. The smallest absolute Gasteiger partial charge is 0.343 e. The van der Waals surface area contributed by atoms with Gasteiger partial charge in [-0.15, -0.1) is 0 Å². The molecule has 35 heavy (non-hydrogen) atoms. The van der Waals surface area contributed by atoms with Gasteiger partial charge in [-0.05, 0) is 67.4 Å². The van der Waals surface area contributed by atoms with Crippen LogP contribution in [0.4, 0.5) is 5.69 Å². The van der Waals surface area contributed by atoms with Crippen LogP contribution in [0, 0.1) is 6.92 Å². The SMILES string of the molecule is CCCOc1ccc(C(=O)Oc2ccc(Br)cc2C=NNC(=O)C(=O)Nc2ccccc2C)cc1. The average molecular weight is 538 g/mol. The quantitative estimate of drug-likeness (QED) is 0.140. The summed E-state index contributed by atoms with van der Waals surface area (Å²) in [5.74, 6) is -1.47. The van der Waals surface area contributed by atoms with Gasteiger partial charge >= 0.3 is 17.8 Å². The molecular formula is C26H24BrN3O5. The Hall–Kier alpha value is -3.98. The van der Waals surface area contributed by atoms with E-state index < -0.39 is 17.8 Å². The summed E-state index contributed by atoms with van der Waals surface area (Å²) < 4.78 is 11.8. The zero-order valence-corrected chi connectivity index (χ0v) is 20.8. The summed E-state index contributed by atoms with van der Waals surface area (Å²) in [5, 5.41) is 6.36. The molecule has 0 bridgehead atoms. The van der Waals surface area contributed by atoms with Crippen molar-refractivity contribution in [3.05, 3.63) is 87.9 Å². The maximum absolute atomic E-state index is 12.6. The summed E-state index contributed by atoms with van der Waals surface area (Å²) >= 11 is 3.36. The molecule has 0 fully saturated rings. The van der Waals surface area contributed by atoms with Gasteiger partial charge in [0.05, 0.1) is 18.4 Å². The standard InChI is InChI=1S/C26H24BrN3O5/c1-3-14-34-21-11-8-18(9-12-21)26(33)35-23-13-10-20(27)15-19(23)16-28-30-25(32)24(31)29-22-7-5-4-6-17(22)2/h4-13,15-16H,3,14H2,1-2H3,(H,29,31)(H,30,32). The Labute approximate surface area is 211 Å². The Morgan fingerprint density at radius 2 is 1.74 bits per heavy atom. The Bertz CT molecular complexity index is 1240. The van der Waals surface area contributed by atoms with Gasteiger partial charge in [-0.25, -0.2) is 10.2 Å². The van der Waals surface area contributed by atoms with Crippen LogP contribution in [-0.4, -0.2) is 30.6 Å². The average Bonchev–Trinajstić information content (AvgIpc) is 2.85. The lowest BCUT2D eigenvalue weighted by molar-refractivity contribution is -0.136. The molecule has 0 atom stereocenters. The van der Waals surface area contributed by atoms with Gasteiger partial charge in [0, 0.05) is 15.7 Å². The predicted octanol–water partition coefficient (Wildman–Crippen LogP) is 4.85. The van der Waals surface area contributed by atoms with Gasteiger partial charge in [-0.1, -0.05) is 41.1 Å². The molecule has 0 saturated heterocycles. The van der Waals surface area contributed by atoms with E-state index in [9.17, 15) is 14.4 Å². The number of hydrazone groups is 1. The largest absolute Gasteiger partial charge is 0.494 e. The first-order valence-electron chi connectivity index (χ1n) is 10.8. The van der Waals surface area contributed by atoms with Crippen molar-refractivity contribution in [1.29, 1.82) is 0 Å². The zero-order chi connectivity index (χ0) is 25.2. The molecular weight excluding hydrogens is 514 g/mol. The van der Waals surface area contributed by atoms with Crippen molar-refractivity contribution < 1.29 is 23.9 Å². The number of nitrogens with zero attached hydrogens (tertiary/aromatic N) is 1. The summed E-state index contributed by atoms with van der Waals surface area (Å²) in [6, 6.07) is 18.7. The third-order valence-electron chi connectivity index (χ3n) is 4.71. The predicted molar refractivity (Wildman–Crippen MR) is 137 cm³/mol. The molecule has 0 heterocycles. The van der Waals surface area contributed by atoms with Crippen molar-refractivity contribution in [3.63, 3.8) is 0 Å². The van der Waals surface area contributed by atoms with Gasteiger partial charge in [-0.3, -0.25) is 9.59 Å². The van der Waals surface area contributed by atoms with E-state index in [0.29, 0.717) is 33.6 Å². The number of halogens is 1. The number of hydrogen-bond acceptors (Lipinski definition) is 6. The van der Waals surface area contributed by atoms with E-state index in [1.54, 1.807) is 54.6 Å². The first-order valence-corrected chi connectivity index (χ1v) is 11.6. The first kappa shape index (κ1) is 25.6. The third kappa shape index (κ3) is 7.51. The summed E-state index contributed by atoms with van der Waals surface area (Å²) in [4.78, 5) is 36.9. The molecule has 2 amide bonds. The molecule has 180 valence electrons. The maximum atomic E-state index is 12.6. The summed E-state index contributed by atoms with van der Waals surface area (Å²) in [6.07, 6.45) is 2.17. The molecule has 0 aliphatic carbocycles. The van der Waals surface area contributed by atoms with Crippen LogP contribution in [0.25, 0.3) is 0 Å². The highest BCUT2D eigenvalue weighted by atomic mass is 79.9. The zero-order valence-electron chi connectivity index (χ0n) is 19.2. The van der Waals surface area contributed by atoms with Crippen LogP contribution in [0.15, 0.2) is 76.3 Å². The molecule has 0 aliphatic rings. The molecule has 0 spiro atoms. The Morgan fingerprint density at radius 1 is 1.00 bits per heavy atom. The number of esters is 1. The van der Waals surface area contributed by atoms with Gasteiger partial charge in [0.15, 0.2) is 0 Å². The molecule has 0 radical (unpaired) electrons. The minimum atomic E-state index is -0.941. The summed E-state index contributed by atoms with van der Waals surface area (Å²) in [5.41, 5.74) is 4.28. The second-order valence-corrected chi connectivity index (χ2v) is 8.33. The van der Waals surface area contributed by atoms with Crippen molar-refractivity contribution in [2.45, 2.75) is 20.3 Å². The lowest BCUT2D eigenvalue weighted by Gasteiger charge is -2.09. The van der Waals surface area contributed by atoms with E-state index in [2.05, 4.69) is 31.8 Å². The van der Waals surface area contributed by atoms with Crippen LogP contribution < -0.4 is 20.2 Å². The van der Waals surface area contributed by atoms with E-state index >= 15 is 0 Å². The van der Waals surface area contributed by atoms with Crippen LogP contribution in [0.5, 0.6) is 11.5 Å². The van der Waals surface area contributed by atoms with Gasteiger partial charge in [0.25, 0.3) is 0 Å². The molecule has 0 aromatic heterocycles. The van der Waals surface area contributed by atoms with Crippen molar-refractivity contribution in [2.24, 2.45) is 5.10 Å².